The Hall–Kier alpha value is -1.98. The van der Waals surface area contributed by atoms with Crippen LogP contribution >= 0.6 is 0 Å². The molecule has 0 heterocycles. The van der Waals surface area contributed by atoms with E-state index in [0.29, 0.717) is 0 Å². The van der Waals surface area contributed by atoms with Crippen LogP contribution in [-0.4, -0.2) is 23.4 Å². The zero-order valence-corrected chi connectivity index (χ0v) is 7.77. The Labute approximate surface area is 85.8 Å². The second-order valence-electron chi connectivity index (χ2n) is 2.92. The monoisotopic (exact) mass is 214 g/mol. The van der Waals surface area contributed by atoms with Gasteiger partial charge >= 0.3 is 0 Å². The lowest BCUT2D eigenvalue weighted by atomic mass is 10.1. The second kappa shape index (κ2) is 4.04. The molecule has 6 heteroatoms. The van der Waals surface area contributed by atoms with Gasteiger partial charge in [-0.05, 0) is 13.0 Å². The molecular weight excluding hydrogens is 205 g/mol. The number of carbonyl (C=O) groups is 1. The number of nitro groups is 1. The summed E-state index contributed by atoms with van der Waals surface area (Å²) in [6.07, 6.45) is -1.81. The number of non-ortho nitro benzene ring substituents is 1. The maximum atomic E-state index is 12.8. The lowest BCUT2D eigenvalue weighted by Gasteiger charge is -2.03. The Kier molecular flexibility index (Phi) is 2.57. The van der Waals surface area contributed by atoms with Gasteiger partial charge < -0.3 is 5.11 Å². The molecule has 0 aromatic heterocycles. The highest BCUT2D eigenvalue weighted by atomic mass is 19.1. The van der Waals surface area contributed by atoms with Crippen molar-refractivity contribution >= 4 is 11.5 Å². The molecule has 80 valence electrons. The number of nitrogens with zero attached hydrogens (tertiary/aromatic N) is 1. The van der Waals surface area contributed by atoms with Gasteiger partial charge in [-0.1, -0.05) is 0 Å². The van der Waals surface area contributed by atoms with Crippen LogP contribution in [-0.2, 0) is 0 Å². The number of phenols is 1. The predicted molar refractivity (Wildman–Crippen MR) is 49.7 cm³/mol. The van der Waals surface area contributed by atoms with E-state index in [1.165, 1.54) is 0 Å². The van der Waals surface area contributed by atoms with E-state index in [1.807, 2.05) is 0 Å². The summed E-state index contributed by atoms with van der Waals surface area (Å²) in [7, 11) is 0. The molecule has 1 unspecified atom stereocenters. The molecule has 1 aromatic rings. The van der Waals surface area contributed by atoms with Crippen LogP contribution in [0.4, 0.5) is 10.1 Å². The van der Waals surface area contributed by atoms with E-state index >= 15 is 0 Å². The summed E-state index contributed by atoms with van der Waals surface area (Å²) in [6.45, 7) is 1.01. The SMILES string of the molecule is [2H]Oc1ccc([N+](=O)[O-])cc1C(=O)C(C)F. The van der Waals surface area contributed by atoms with E-state index in [9.17, 15) is 19.3 Å². The van der Waals surface area contributed by atoms with Crippen molar-refractivity contribution in [1.82, 2.24) is 0 Å². The van der Waals surface area contributed by atoms with Crippen molar-refractivity contribution in [2.75, 3.05) is 0 Å². The molecule has 1 N–H and O–H groups in total. The van der Waals surface area contributed by atoms with E-state index in [2.05, 4.69) is 5.11 Å². The van der Waals surface area contributed by atoms with Gasteiger partial charge in [0.25, 0.3) is 7.12 Å². The average molecular weight is 214 g/mol. The summed E-state index contributed by atoms with van der Waals surface area (Å²) in [6, 6.07) is 3.05. The zero-order valence-electron chi connectivity index (χ0n) is 8.77. The van der Waals surface area contributed by atoms with Crippen molar-refractivity contribution < 1.29 is 19.2 Å². The van der Waals surface area contributed by atoms with Gasteiger partial charge in [-0.15, -0.1) is 0 Å². The fraction of sp³-hybridized carbons (Fsp3) is 0.222. The van der Waals surface area contributed by atoms with E-state index in [4.69, 9.17) is 1.43 Å². The lowest BCUT2D eigenvalue weighted by Crippen LogP contribution is -2.12. The zero-order chi connectivity index (χ0) is 12.3. The Bertz CT molecular complexity index is 436. The summed E-state index contributed by atoms with van der Waals surface area (Å²) in [5.41, 5.74) is -0.663. The Morgan fingerprint density at radius 2 is 2.40 bits per heavy atom. The number of aromatic hydroxyl groups is 1. The first-order valence-electron chi connectivity index (χ1n) is 4.48. The number of halogens is 1. The van der Waals surface area contributed by atoms with Crippen molar-refractivity contribution in [3.63, 3.8) is 0 Å². The van der Waals surface area contributed by atoms with Gasteiger partial charge in [0, 0.05) is 12.1 Å². The highest BCUT2D eigenvalue weighted by Crippen LogP contribution is 2.24. The minimum Gasteiger partial charge on any atom is -0.507 e. The van der Waals surface area contributed by atoms with Crippen molar-refractivity contribution in [3.05, 3.63) is 33.9 Å². The van der Waals surface area contributed by atoms with Crippen molar-refractivity contribution in [3.8, 4) is 5.75 Å². The largest absolute Gasteiger partial charge is 0.507 e. The lowest BCUT2D eigenvalue weighted by molar-refractivity contribution is -0.384. The van der Waals surface area contributed by atoms with Crippen LogP contribution in [0.5, 0.6) is 5.75 Å². The molecule has 0 aliphatic rings. The van der Waals surface area contributed by atoms with Gasteiger partial charge in [0.1, 0.15) is 5.75 Å². The molecule has 0 aliphatic heterocycles. The fourth-order valence-electron chi connectivity index (χ4n) is 1.04. The molecule has 0 saturated carbocycles. The van der Waals surface area contributed by atoms with Crippen LogP contribution in [0, 0.1) is 10.1 Å². The van der Waals surface area contributed by atoms with E-state index < -0.39 is 16.9 Å². The van der Waals surface area contributed by atoms with Gasteiger partial charge in [0.05, 0.1) is 10.5 Å². The molecule has 15 heavy (non-hydrogen) atoms. The molecule has 5 nitrogen and oxygen atoms in total. The number of rotatable bonds is 4. The van der Waals surface area contributed by atoms with Crippen molar-refractivity contribution in [1.29, 1.82) is 1.43 Å². The third kappa shape index (κ3) is 2.28. The van der Waals surface area contributed by atoms with Gasteiger partial charge in [0.2, 0.25) is 5.78 Å². The number of hydrogen-bond acceptors (Lipinski definition) is 4. The Morgan fingerprint density at radius 3 is 2.87 bits per heavy atom. The third-order valence-electron chi connectivity index (χ3n) is 1.80. The first-order chi connectivity index (χ1) is 7.47. The summed E-state index contributed by atoms with van der Waals surface area (Å²) in [5.74, 6) is -1.16. The van der Waals surface area contributed by atoms with E-state index in [0.717, 1.165) is 25.1 Å². The standard InChI is InChI=1S/C9H8FNO4/c1-5(10)9(13)7-4-6(11(14)15)2-3-8(7)12/h2-5,12H,1H3/i/hD. The number of Topliss-reactive ketones (excluding diaryl/α,β-unsaturated/α-hetero) is 1. The number of nitro benzene ring substituents is 1. The molecule has 0 amide bonds. The topological polar surface area (TPSA) is 80.4 Å². The van der Waals surface area contributed by atoms with Crippen LogP contribution in [0.3, 0.4) is 0 Å². The first kappa shape index (κ1) is 9.57. The molecule has 0 saturated heterocycles. The number of benzene rings is 1. The summed E-state index contributed by atoms with van der Waals surface area (Å²) < 4.78 is 19.4. The van der Waals surface area contributed by atoms with Gasteiger partial charge in [0.15, 0.2) is 6.17 Å². The van der Waals surface area contributed by atoms with Gasteiger partial charge in [-0.2, -0.15) is 0 Å². The maximum Gasteiger partial charge on any atom is 0.293 e. The predicted octanol–water partition coefficient (Wildman–Crippen LogP) is 1.84. The summed E-state index contributed by atoms with van der Waals surface area (Å²) in [4.78, 5) is 21.1. The third-order valence-corrected chi connectivity index (χ3v) is 1.80. The molecule has 1 rings (SSSR count). The smallest absolute Gasteiger partial charge is 0.293 e. The first-order valence-corrected chi connectivity index (χ1v) is 4.07. The normalized spacial score (nSPS) is 12.8. The van der Waals surface area contributed by atoms with Crippen molar-refractivity contribution in [2.24, 2.45) is 0 Å². The number of alkyl halides is 1. The highest BCUT2D eigenvalue weighted by molar-refractivity contribution is 6.01. The number of ketones is 1. The molecule has 0 aliphatic carbocycles. The molecule has 0 radical (unpaired) electrons. The van der Waals surface area contributed by atoms with E-state index in [1.54, 1.807) is 0 Å². The molecular formula is C9H8FNO4. The van der Waals surface area contributed by atoms with Crippen LogP contribution < -0.4 is 0 Å². The molecule has 1 atom stereocenters. The number of carbonyl (C=O) groups excluding carboxylic acids is 1. The number of phenolic OH excluding ortho intramolecular Hbond substituents is 1. The second-order valence-corrected chi connectivity index (χ2v) is 2.92. The van der Waals surface area contributed by atoms with Crippen LogP contribution in [0.2, 0.25) is 0 Å². The number of hydrogen-bond donors (Lipinski definition) is 1. The molecule has 0 fully saturated rings. The van der Waals surface area contributed by atoms with Crippen molar-refractivity contribution in [2.45, 2.75) is 13.1 Å². The molecule has 1 aromatic carbocycles. The van der Waals surface area contributed by atoms with Crippen LogP contribution in [0.1, 0.15) is 17.3 Å². The van der Waals surface area contributed by atoms with Crippen LogP contribution in [0.25, 0.3) is 0 Å². The van der Waals surface area contributed by atoms with Crippen LogP contribution in [0.15, 0.2) is 18.2 Å². The Balaban J connectivity index is 3.27. The quantitative estimate of drug-likeness (QED) is 0.471. The maximum absolute atomic E-state index is 12.8. The summed E-state index contributed by atoms with van der Waals surface area (Å²) >= 11 is 0. The molecule has 0 spiro atoms. The van der Waals surface area contributed by atoms with E-state index in [-0.39, 0.29) is 17.0 Å². The van der Waals surface area contributed by atoms with Gasteiger partial charge in [-0.25, -0.2) is 4.39 Å². The Morgan fingerprint density at radius 1 is 1.73 bits per heavy atom. The highest BCUT2D eigenvalue weighted by Gasteiger charge is 2.20. The minimum atomic E-state index is -1.81. The fourth-order valence-corrected chi connectivity index (χ4v) is 1.04. The van der Waals surface area contributed by atoms with Gasteiger partial charge in [-0.3, -0.25) is 14.9 Å². The average Bonchev–Trinajstić information content (AvgIpc) is 2.26. The minimum absolute atomic E-state index is 0.208. The summed E-state index contributed by atoms with van der Waals surface area (Å²) in [5, 5.41) is 14.5. The molecule has 0 bridgehead atoms.